The lowest BCUT2D eigenvalue weighted by molar-refractivity contribution is -0.154. The number of fused-ring (bicyclic) bond motifs is 5. The van der Waals surface area contributed by atoms with Gasteiger partial charge in [0.05, 0.1) is 27.4 Å². The second-order valence-corrected chi connectivity index (χ2v) is 12.2. The number of Topliss-reactive ketones (excluding diaryl/α,β-unsaturated/α-hetero) is 1. The number of benzene rings is 2. The molecule has 2 saturated carbocycles. The molecule has 2 aromatic carbocycles. The molecule has 6 atom stereocenters. The molecule has 182 valence electrons. The summed E-state index contributed by atoms with van der Waals surface area (Å²) in [5.74, 6) is -3.44. The van der Waals surface area contributed by atoms with E-state index in [0.717, 1.165) is 16.4 Å². The van der Waals surface area contributed by atoms with Crippen molar-refractivity contribution in [2.75, 3.05) is 6.54 Å². The average Bonchev–Trinajstić information content (AvgIpc) is 3.42. The molecule has 2 aromatic rings. The Morgan fingerprint density at radius 3 is 2.06 bits per heavy atom. The predicted molar refractivity (Wildman–Crippen MR) is 139 cm³/mol. The van der Waals surface area contributed by atoms with Gasteiger partial charge in [-0.2, -0.15) is 5.01 Å². The lowest BCUT2D eigenvalue weighted by Crippen LogP contribution is -2.52. The van der Waals surface area contributed by atoms with Crippen LogP contribution in [0.4, 0.5) is 0 Å². The van der Waals surface area contributed by atoms with Crippen molar-refractivity contribution in [2.45, 2.75) is 16.1 Å². The molecule has 35 heavy (non-hydrogen) atoms. The summed E-state index contributed by atoms with van der Waals surface area (Å²) < 4.78 is 0. The van der Waals surface area contributed by atoms with Crippen LogP contribution in [0.3, 0.4) is 0 Å². The van der Waals surface area contributed by atoms with Gasteiger partial charge in [-0.05, 0) is 48.6 Å². The number of imide groups is 1. The zero-order valence-corrected chi connectivity index (χ0v) is 23.3. The van der Waals surface area contributed by atoms with E-state index in [-0.39, 0.29) is 42.7 Å². The highest BCUT2D eigenvalue weighted by Crippen LogP contribution is 2.60. The first kappa shape index (κ1) is 25.2. The van der Waals surface area contributed by atoms with Crippen LogP contribution in [-0.2, 0) is 9.59 Å². The van der Waals surface area contributed by atoms with Gasteiger partial charge in [-0.3, -0.25) is 19.2 Å². The fourth-order valence-corrected chi connectivity index (χ4v) is 8.12. The van der Waals surface area contributed by atoms with Crippen LogP contribution in [0, 0.1) is 23.7 Å². The van der Waals surface area contributed by atoms with Crippen molar-refractivity contribution in [2.24, 2.45) is 23.7 Å². The number of hydrogen-bond acceptors (Lipinski definition) is 4. The molecule has 1 heterocycles. The Hall–Kier alpha value is -1.45. The third-order valence-corrected chi connectivity index (χ3v) is 11.2. The van der Waals surface area contributed by atoms with Gasteiger partial charge in [0, 0.05) is 20.2 Å². The zero-order valence-electron chi connectivity index (χ0n) is 17.8. The Bertz CT molecular complexity index is 1240. The summed E-state index contributed by atoms with van der Waals surface area (Å²) in [6, 6.07) is 10.6. The number of halogens is 5. The first-order valence-corrected chi connectivity index (χ1v) is 13.8. The molecule has 2 aliphatic carbocycles. The van der Waals surface area contributed by atoms with E-state index in [1.54, 1.807) is 12.1 Å². The van der Waals surface area contributed by atoms with Crippen molar-refractivity contribution < 1.29 is 19.2 Å². The standard InChI is InChI=1S/C24H17Br2Cl3N2O4/c25-20-13-8-14(21(20)26)19-18(13)23(34)31(24(19)35)30(22(33)12-3-1-2-4-15(12)28)9-17(32)11-6-5-10(27)7-16(11)29/h1-7,13-14,18-21H,8-9H2/t13-,14-,18-,19+,20+,21+/m1/s1. The van der Waals surface area contributed by atoms with Crippen molar-refractivity contribution in [3.05, 3.63) is 68.7 Å². The molecule has 3 fully saturated rings. The summed E-state index contributed by atoms with van der Waals surface area (Å²) in [7, 11) is 0. The number of hydrazine groups is 1. The van der Waals surface area contributed by atoms with Gasteiger partial charge < -0.3 is 0 Å². The summed E-state index contributed by atoms with van der Waals surface area (Å²) in [5, 5.41) is 2.35. The highest BCUT2D eigenvalue weighted by Gasteiger charge is 2.67. The summed E-state index contributed by atoms with van der Waals surface area (Å²) in [5.41, 5.74) is 0.190. The van der Waals surface area contributed by atoms with Gasteiger partial charge in [0.15, 0.2) is 5.78 Å². The molecule has 3 aliphatic rings. The van der Waals surface area contributed by atoms with Gasteiger partial charge in [-0.25, -0.2) is 5.01 Å². The largest absolute Gasteiger partial charge is 0.292 e. The lowest BCUT2D eigenvalue weighted by Gasteiger charge is -2.31. The van der Waals surface area contributed by atoms with Gasteiger partial charge in [0.2, 0.25) is 0 Å². The molecule has 5 rings (SSSR count). The SMILES string of the molecule is O=C(CN(C(=O)c1ccccc1Cl)N1C(=O)[C@@H]2[C@H]3C[C@@H]([C@H](Br)[C@H]3Br)[C@@H]2C1=O)c1ccc(Cl)cc1Cl. The van der Waals surface area contributed by atoms with Gasteiger partial charge in [-0.15, -0.1) is 0 Å². The summed E-state index contributed by atoms with van der Waals surface area (Å²) in [4.78, 5) is 54.2. The maximum absolute atomic E-state index is 13.6. The average molecular weight is 664 g/mol. The highest BCUT2D eigenvalue weighted by atomic mass is 79.9. The van der Waals surface area contributed by atoms with E-state index in [9.17, 15) is 19.2 Å². The van der Waals surface area contributed by atoms with E-state index in [0.29, 0.717) is 5.02 Å². The van der Waals surface area contributed by atoms with Crippen molar-refractivity contribution in [3.8, 4) is 0 Å². The Labute approximate surface area is 233 Å². The Morgan fingerprint density at radius 1 is 0.886 bits per heavy atom. The topological polar surface area (TPSA) is 74.8 Å². The molecule has 0 aromatic heterocycles. The van der Waals surface area contributed by atoms with Crippen LogP contribution in [0.1, 0.15) is 27.1 Å². The fraction of sp³-hybridized carbons (Fsp3) is 0.333. The normalized spacial score (nSPS) is 29.0. The number of rotatable bonds is 5. The summed E-state index contributed by atoms with van der Waals surface area (Å²) in [6.45, 7) is -0.576. The first-order valence-electron chi connectivity index (χ1n) is 10.8. The third kappa shape index (κ3) is 4.06. The van der Waals surface area contributed by atoms with E-state index in [4.69, 9.17) is 34.8 Å². The van der Waals surface area contributed by atoms with Gasteiger partial charge in [-0.1, -0.05) is 78.8 Å². The van der Waals surface area contributed by atoms with E-state index < -0.39 is 41.9 Å². The molecular weight excluding hydrogens is 646 g/mol. The van der Waals surface area contributed by atoms with Gasteiger partial charge in [0.25, 0.3) is 17.7 Å². The molecule has 11 heteroatoms. The van der Waals surface area contributed by atoms with Gasteiger partial charge in [0.1, 0.15) is 6.54 Å². The molecule has 6 nitrogen and oxygen atoms in total. The minimum Gasteiger partial charge on any atom is -0.292 e. The molecule has 3 amide bonds. The third-order valence-electron chi connectivity index (χ3n) is 7.07. The van der Waals surface area contributed by atoms with Crippen LogP contribution in [-0.4, -0.2) is 49.7 Å². The summed E-state index contributed by atoms with van der Waals surface area (Å²) in [6.07, 6.45) is 0.740. The van der Waals surface area contributed by atoms with Crippen LogP contribution in [0.25, 0.3) is 0 Å². The fourth-order valence-electron chi connectivity index (χ4n) is 5.51. The van der Waals surface area contributed by atoms with Crippen LogP contribution in [0.5, 0.6) is 0 Å². The summed E-state index contributed by atoms with van der Waals surface area (Å²) >= 11 is 25.7. The van der Waals surface area contributed by atoms with E-state index in [1.807, 2.05) is 0 Å². The zero-order chi connectivity index (χ0) is 25.2. The minimum atomic E-state index is -0.728. The highest BCUT2D eigenvalue weighted by molar-refractivity contribution is 9.12. The molecule has 1 saturated heterocycles. The Kier molecular flexibility index (Phi) is 6.81. The van der Waals surface area contributed by atoms with Crippen molar-refractivity contribution in [3.63, 3.8) is 0 Å². The molecule has 1 aliphatic heterocycles. The predicted octanol–water partition coefficient (Wildman–Crippen LogP) is 5.66. The van der Waals surface area contributed by atoms with E-state index in [2.05, 4.69) is 31.9 Å². The Balaban J connectivity index is 1.53. The minimum absolute atomic E-state index is 0.0349. The molecule has 0 spiro atoms. The second kappa shape index (κ2) is 9.45. The second-order valence-electron chi connectivity index (χ2n) is 8.88. The van der Waals surface area contributed by atoms with Gasteiger partial charge >= 0.3 is 0 Å². The first-order chi connectivity index (χ1) is 16.6. The van der Waals surface area contributed by atoms with Crippen molar-refractivity contribution in [1.82, 2.24) is 10.0 Å². The van der Waals surface area contributed by atoms with Crippen LogP contribution < -0.4 is 0 Å². The molecule has 0 N–H and O–H groups in total. The Morgan fingerprint density at radius 2 is 1.49 bits per heavy atom. The van der Waals surface area contributed by atoms with Crippen LogP contribution in [0.15, 0.2) is 42.5 Å². The van der Waals surface area contributed by atoms with Crippen molar-refractivity contribution in [1.29, 1.82) is 0 Å². The lowest BCUT2D eigenvalue weighted by atomic mass is 9.81. The number of carbonyl (C=O) groups is 4. The molecule has 2 bridgehead atoms. The van der Waals surface area contributed by atoms with E-state index >= 15 is 0 Å². The van der Waals surface area contributed by atoms with Crippen LogP contribution in [0.2, 0.25) is 15.1 Å². The quantitative estimate of drug-likeness (QED) is 0.235. The van der Waals surface area contributed by atoms with Crippen molar-refractivity contribution >= 4 is 90.2 Å². The molecule has 0 unspecified atom stereocenters. The number of alkyl halides is 2. The number of nitrogens with zero attached hydrogens (tertiary/aromatic N) is 2. The smallest absolute Gasteiger partial charge is 0.274 e. The number of carbonyl (C=O) groups excluding carboxylic acids is 4. The monoisotopic (exact) mass is 660 g/mol. The number of hydrogen-bond donors (Lipinski definition) is 0. The maximum atomic E-state index is 13.6. The number of ketones is 1. The number of amides is 3. The van der Waals surface area contributed by atoms with E-state index in [1.165, 1.54) is 30.3 Å². The molecular formula is C24H17Br2Cl3N2O4. The molecule has 0 radical (unpaired) electrons. The van der Waals surface area contributed by atoms with Crippen LogP contribution >= 0.6 is 66.7 Å². The maximum Gasteiger partial charge on any atom is 0.274 e.